The second kappa shape index (κ2) is 10.5. The molecule has 0 aromatic heterocycles. The maximum Gasteiger partial charge on any atom is 0.349 e. The molecule has 2 fully saturated rings. The van der Waals surface area contributed by atoms with E-state index in [-0.39, 0.29) is 22.3 Å². The summed E-state index contributed by atoms with van der Waals surface area (Å²) in [5, 5.41) is 9.18. The third-order valence-electron chi connectivity index (χ3n) is 8.35. The number of hydrogen-bond acceptors (Lipinski definition) is 6. The molecule has 0 spiro atoms. The Bertz CT molecular complexity index is 1030. The predicted octanol–water partition coefficient (Wildman–Crippen LogP) is 5.40. The van der Waals surface area contributed by atoms with Crippen molar-refractivity contribution in [1.29, 1.82) is 0 Å². The molecular weight excluding hydrogens is 442 g/mol. The number of phenols is 1. The second-order valence-corrected chi connectivity index (χ2v) is 10.7. The molecule has 2 saturated carbocycles. The number of rotatable bonds is 6. The molecule has 2 aliphatic rings. The van der Waals surface area contributed by atoms with Crippen molar-refractivity contribution in [3.8, 4) is 5.75 Å². The number of carbonyl (C=O) groups excluding carboxylic acids is 2. The summed E-state index contributed by atoms with van der Waals surface area (Å²) in [6, 6.07) is 16.8. The van der Waals surface area contributed by atoms with E-state index in [0.29, 0.717) is 5.41 Å². The number of aromatic hydroxyl groups is 1. The van der Waals surface area contributed by atoms with E-state index in [4.69, 9.17) is 4.74 Å². The van der Waals surface area contributed by atoms with E-state index in [9.17, 15) is 14.7 Å². The van der Waals surface area contributed by atoms with Crippen LogP contribution in [0.5, 0.6) is 5.75 Å². The molecule has 4 rings (SSSR count). The molecule has 6 nitrogen and oxygen atoms in total. The van der Waals surface area contributed by atoms with Crippen molar-refractivity contribution in [2.75, 3.05) is 27.2 Å². The number of likely N-dealkylation sites (N-methyl/N-ethyl adjacent to an activating group) is 1. The number of para-hydroxylation sites is 1. The van der Waals surface area contributed by atoms with E-state index < -0.39 is 11.9 Å². The van der Waals surface area contributed by atoms with Gasteiger partial charge >= 0.3 is 11.9 Å². The van der Waals surface area contributed by atoms with Gasteiger partial charge in [-0.3, -0.25) is 4.79 Å². The van der Waals surface area contributed by atoms with Gasteiger partial charge in [-0.05, 0) is 62.4 Å². The Morgan fingerprint density at radius 2 is 1.66 bits per heavy atom. The predicted molar refractivity (Wildman–Crippen MR) is 136 cm³/mol. The third-order valence-corrected chi connectivity index (χ3v) is 8.35. The molecule has 190 valence electrons. The minimum absolute atomic E-state index is 0.0160. The van der Waals surface area contributed by atoms with Gasteiger partial charge in [0.05, 0.1) is 12.2 Å². The first-order chi connectivity index (χ1) is 16.4. The van der Waals surface area contributed by atoms with Crippen molar-refractivity contribution >= 4 is 11.9 Å². The van der Waals surface area contributed by atoms with Crippen LogP contribution in [0, 0.1) is 16.7 Å². The smallest absolute Gasteiger partial charge is 0.349 e. The fraction of sp³-hybridized carbons (Fsp3) is 0.517. The van der Waals surface area contributed by atoms with Gasteiger partial charge in [-0.15, -0.1) is 0 Å². The van der Waals surface area contributed by atoms with Crippen molar-refractivity contribution in [3.05, 3.63) is 65.7 Å². The SMILES string of the molecule is CC(=O)OC(=O)c1ccccc1O.CN(C)CCO[C@]1(c2ccccc2)C[C@H]2CC[C@]1(C)C2(C)C. The van der Waals surface area contributed by atoms with Crippen LogP contribution in [0.2, 0.25) is 0 Å². The third kappa shape index (κ3) is 5.14. The Labute approximate surface area is 209 Å². The highest BCUT2D eigenvalue weighted by Gasteiger charge is 2.69. The summed E-state index contributed by atoms with van der Waals surface area (Å²) in [5.74, 6) is -0.968. The molecule has 2 aromatic carbocycles. The zero-order chi connectivity index (χ0) is 25.9. The molecular formula is C29H39NO5. The van der Waals surface area contributed by atoms with Gasteiger partial charge in [-0.1, -0.05) is 63.2 Å². The number of hydrogen-bond donors (Lipinski definition) is 1. The van der Waals surface area contributed by atoms with Gasteiger partial charge in [0, 0.05) is 18.9 Å². The van der Waals surface area contributed by atoms with Crippen LogP contribution in [0.4, 0.5) is 0 Å². The van der Waals surface area contributed by atoms with Gasteiger partial charge in [0.2, 0.25) is 0 Å². The average molecular weight is 482 g/mol. The summed E-state index contributed by atoms with van der Waals surface area (Å²) in [5.41, 5.74) is 1.82. The largest absolute Gasteiger partial charge is 0.507 e. The Hall–Kier alpha value is -2.70. The van der Waals surface area contributed by atoms with Crippen LogP contribution in [0.25, 0.3) is 0 Å². The molecule has 1 N–H and O–H groups in total. The second-order valence-electron chi connectivity index (χ2n) is 10.7. The molecule has 0 amide bonds. The molecule has 6 heteroatoms. The number of ether oxygens (including phenoxy) is 2. The van der Waals surface area contributed by atoms with Crippen LogP contribution in [0.3, 0.4) is 0 Å². The van der Waals surface area contributed by atoms with E-state index in [1.807, 2.05) is 0 Å². The first-order valence-corrected chi connectivity index (χ1v) is 12.3. The minimum Gasteiger partial charge on any atom is -0.507 e. The lowest BCUT2D eigenvalue weighted by Gasteiger charge is -2.49. The van der Waals surface area contributed by atoms with Gasteiger partial charge in [0.15, 0.2) is 0 Å². The summed E-state index contributed by atoms with van der Waals surface area (Å²) < 4.78 is 11.0. The van der Waals surface area contributed by atoms with Gasteiger partial charge in [0.1, 0.15) is 11.3 Å². The Morgan fingerprint density at radius 3 is 2.17 bits per heavy atom. The lowest BCUT2D eigenvalue weighted by atomic mass is 9.62. The Kier molecular flexibility index (Phi) is 8.07. The lowest BCUT2D eigenvalue weighted by Crippen LogP contribution is -2.47. The molecule has 2 bridgehead atoms. The van der Waals surface area contributed by atoms with Crippen molar-refractivity contribution in [2.24, 2.45) is 16.7 Å². The Morgan fingerprint density at radius 1 is 1.03 bits per heavy atom. The van der Waals surface area contributed by atoms with Crippen LogP contribution in [0.15, 0.2) is 54.6 Å². The molecule has 2 aliphatic carbocycles. The number of phenolic OH excluding ortho intramolecular Hbond substituents is 1. The highest BCUT2D eigenvalue weighted by atomic mass is 16.6. The number of fused-ring (bicyclic) bond motifs is 2. The first kappa shape index (κ1) is 26.9. The van der Waals surface area contributed by atoms with E-state index in [1.54, 1.807) is 12.1 Å². The summed E-state index contributed by atoms with van der Waals surface area (Å²) in [4.78, 5) is 23.7. The molecule has 0 heterocycles. The zero-order valence-corrected chi connectivity index (χ0v) is 21.8. The van der Waals surface area contributed by atoms with Crippen molar-refractivity contribution < 1.29 is 24.2 Å². The normalized spacial score (nSPS) is 26.2. The highest BCUT2D eigenvalue weighted by Crippen LogP contribution is 2.73. The fourth-order valence-electron chi connectivity index (χ4n) is 5.93. The van der Waals surface area contributed by atoms with E-state index >= 15 is 0 Å². The van der Waals surface area contributed by atoms with Crippen LogP contribution < -0.4 is 0 Å². The van der Waals surface area contributed by atoms with E-state index in [0.717, 1.165) is 26.0 Å². The lowest BCUT2D eigenvalue weighted by molar-refractivity contribution is -0.148. The number of nitrogens with zero attached hydrogens (tertiary/aromatic N) is 1. The van der Waals surface area contributed by atoms with Gasteiger partial charge in [-0.2, -0.15) is 0 Å². The van der Waals surface area contributed by atoms with E-state index in [2.05, 4.69) is 74.8 Å². The van der Waals surface area contributed by atoms with Gasteiger partial charge < -0.3 is 19.5 Å². The first-order valence-electron chi connectivity index (χ1n) is 12.3. The molecule has 0 radical (unpaired) electrons. The summed E-state index contributed by atoms with van der Waals surface area (Å²) >= 11 is 0. The molecule has 2 aromatic rings. The quantitative estimate of drug-likeness (QED) is 0.440. The molecule has 0 unspecified atom stereocenters. The molecule has 3 atom stereocenters. The van der Waals surface area contributed by atoms with Crippen molar-refractivity contribution in [2.45, 2.75) is 52.6 Å². The standard InChI is InChI=1S/C20H31NO.C9H8O4/c1-18(2)17-11-12-19(18,3)20(15-17,22-14-13-21(4)5)16-9-7-6-8-10-16;1-6(10)13-9(12)7-4-2-3-5-8(7)11/h6-10,17H,11-15H2,1-5H3;2-5,11H,1H3/t17-,19-,20+;/m1./s1. The number of esters is 2. The molecule has 0 aliphatic heterocycles. The molecule has 35 heavy (non-hydrogen) atoms. The van der Waals surface area contributed by atoms with Crippen LogP contribution >= 0.6 is 0 Å². The van der Waals surface area contributed by atoms with Crippen molar-refractivity contribution in [1.82, 2.24) is 4.90 Å². The highest BCUT2D eigenvalue weighted by molar-refractivity contribution is 5.98. The average Bonchev–Trinajstić information content (AvgIpc) is 3.12. The van der Waals surface area contributed by atoms with Crippen LogP contribution in [-0.4, -0.2) is 49.2 Å². The molecule has 0 saturated heterocycles. The number of carbonyl (C=O) groups is 2. The zero-order valence-electron chi connectivity index (χ0n) is 21.8. The van der Waals surface area contributed by atoms with Gasteiger partial charge in [0.25, 0.3) is 0 Å². The van der Waals surface area contributed by atoms with Crippen molar-refractivity contribution in [3.63, 3.8) is 0 Å². The topological polar surface area (TPSA) is 76.1 Å². The Balaban J connectivity index is 0.000000225. The summed E-state index contributed by atoms with van der Waals surface area (Å²) in [6.07, 6.45) is 3.81. The number of benzene rings is 2. The maximum absolute atomic E-state index is 11.1. The van der Waals surface area contributed by atoms with Gasteiger partial charge in [-0.25, -0.2) is 4.79 Å². The summed E-state index contributed by atoms with van der Waals surface area (Å²) in [6.45, 7) is 10.3. The van der Waals surface area contributed by atoms with Crippen LogP contribution in [-0.2, 0) is 19.9 Å². The van der Waals surface area contributed by atoms with E-state index in [1.165, 1.54) is 37.0 Å². The van der Waals surface area contributed by atoms with Crippen LogP contribution in [0.1, 0.15) is 62.9 Å². The summed E-state index contributed by atoms with van der Waals surface area (Å²) in [7, 11) is 4.23. The minimum atomic E-state index is -0.842. The fourth-order valence-corrected chi connectivity index (χ4v) is 5.93. The monoisotopic (exact) mass is 481 g/mol. The maximum atomic E-state index is 11.1.